The molecule has 1 saturated heterocycles. The minimum absolute atomic E-state index is 0.00265. The summed E-state index contributed by atoms with van der Waals surface area (Å²) in [6.45, 7) is 9.46. The first kappa shape index (κ1) is 25.3. The van der Waals surface area contributed by atoms with Crippen molar-refractivity contribution in [2.45, 2.75) is 25.5 Å². The van der Waals surface area contributed by atoms with E-state index in [9.17, 15) is 9.00 Å². The molecule has 1 aromatic carbocycles. The third-order valence-corrected chi connectivity index (χ3v) is 7.47. The molecule has 0 saturated carbocycles. The Labute approximate surface area is 210 Å². The fourth-order valence-corrected chi connectivity index (χ4v) is 5.54. The van der Waals surface area contributed by atoms with E-state index in [1.165, 1.54) is 13.0 Å². The molecular weight excluding hydrogens is 460 g/mol. The zero-order valence-corrected chi connectivity index (χ0v) is 21.3. The number of nitrogens with zero attached hydrogens (tertiary/aromatic N) is 5. The van der Waals surface area contributed by atoms with Gasteiger partial charge in [0.05, 0.1) is 17.6 Å². The maximum atomic E-state index is 12.8. The lowest BCUT2D eigenvalue weighted by molar-refractivity contribution is -0.118. The Bertz CT molecular complexity index is 1070. The molecule has 3 heterocycles. The quantitative estimate of drug-likeness (QED) is 0.390. The highest BCUT2D eigenvalue weighted by Crippen LogP contribution is 2.21. The van der Waals surface area contributed by atoms with Crippen molar-refractivity contribution < 1.29 is 9.00 Å². The first-order valence-corrected chi connectivity index (χ1v) is 13.9. The van der Waals surface area contributed by atoms with E-state index in [0.29, 0.717) is 6.54 Å². The Morgan fingerprint density at radius 2 is 1.69 bits per heavy atom. The molecule has 188 valence electrons. The number of piperazine rings is 1. The molecule has 4 rings (SSSR count). The van der Waals surface area contributed by atoms with Crippen LogP contribution in [-0.2, 0) is 21.3 Å². The van der Waals surface area contributed by atoms with Gasteiger partial charge in [0.1, 0.15) is 11.6 Å². The second-order valence-electron chi connectivity index (χ2n) is 8.95. The summed E-state index contributed by atoms with van der Waals surface area (Å²) in [7, 11) is -1.33. The number of nitrogens with one attached hydrogen (secondary N) is 1. The maximum Gasteiger partial charge on any atom is 0.232 e. The summed E-state index contributed by atoms with van der Waals surface area (Å²) in [6, 6.07) is 13.8. The average Bonchev–Trinajstić information content (AvgIpc) is 3.53. The summed E-state index contributed by atoms with van der Waals surface area (Å²) >= 11 is 0. The van der Waals surface area contributed by atoms with Gasteiger partial charge in [0, 0.05) is 61.5 Å². The Hall–Kier alpha value is -2.75. The molecule has 1 atom stereocenters. The molecule has 1 N–H and O–H groups in total. The Morgan fingerprint density at radius 3 is 2.37 bits per heavy atom. The minimum atomic E-state index is -1.33. The monoisotopic (exact) mass is 496 g/mol. The van der Waals surface area contributed by atoms with Gasteiger partial charge in [0.2, 0.25) is 5.91 Å². The predicted molar refractivity (Wildman–Crippen MR) is 140 cm³/mol. The third-order valence-electron chi connectivity index (χ3n) is 6.25. The molecular formula is C26H36N6O2S. The van der Waals surface area contributed by atoms with Crippen molar-refractivity contribution in [1.82, 2.24) is 29.5 Å². The second-order valence-corrected chi connectivity index (χ2v) is 10.4. The number of hydrogen-bond acceptors (Lipinski definition) is 5. The molecule has 1 amide bonds. The van der Waals surface area contributed by atoms with Crippen LogP contribution in [0.15, 0.2) is 61.1 Å². The molecule has 0 aliphatic carbocycles. The van der Waals surface area contributed by atoms with Gasteiger partial charge in [-0.2, -0.15) is 5.10 Å². The van der Waals surface area contributed by atoms with Crippen LogP contribution in [0.2, 0.25) is 0 Å². The number of carbonyl (C=O) groups excluding carboxylic acids is 1. The third kappa shape index (κ3) is 7.13. The summed E-state index contributed by atoms with van der Waals surface area (Å²) in [5, 5.41) is 7.49. The number of aromatic nitrogens is 3. The van der Waals surface area contributed by atoms with Gasteiger partial charge in [0.15, 0.2) is 0 Å². The molecule has 9 heteroatoms. The number of benzene rings is 1. The fourth-order valence-electron chi connectivity index (χ4n) is 4.49. The van der Waals surface area contributed by atoms with Crippen molar-refractivity contribution in [3.63, 3.8) is 0 Å². The van der Waals surface area contributed by atoms with Crippen molar-refractivity contribution in [2.24, 2.45) is 0 Å². The van der Waals surface area contributed by atoms with Crippen LogP contribution in [0.25, 0.3) is 11.5 Å². The molecule has 35 heavy (non-hydrogen) atoms. The SMILES string of the molecule is CCCN1CCN(CCCNC(=O)CS(=O)Cc2cnn(-c3ccccc3)c2-n2cccc2)CC1. The second kappa shape index (κ2) is 12.8. The molecule has 1 aliphatic heterocycles. The van der Waals surface area contributed by atoms with Crippen molar-refractivity contribution in [3.8, 4) is 11.5 Å². The van der Waals surface area contributed by atoms with E-state index in [1.54, 1.807) is 6.20 Å². The zero-order chi connectivity index (χ0) is 24.5. The van der Waals surface area contributed by atoms with Crippen LogP contribution in [0.3, 0.4) is 0 Å². The normalized spacial score (nSPS) is 15.8. The summed E-state index contributed by atoms with van der Waals surface area (Å²) < 4.78 is 16.7. The predicted octanol–water partition coefficient (Wildman–Crippen LogP) is 2.45. The van der Waals surface area contributed by atoms with Gasteiger partial charge in [-0.1, -0.05) is 25.1 Å². The fraction of sp³-hybridized carbons (Fsp3) is 0.462. The summed E-state index contributed by atoms with van der Waals surface area (Å²) in [5.74, 6) is 0.954. The molecule has 0 bridgehead atoms. The molecule has 8 nitrogen and oxygen atoms in total. The van der Waals surface area contributed by atoms with Gasteiger partial charge in [-0.15, -0.1) is 0 Å². The molecule has 0 radical (unpaired) electrons. The van der Waals surface area contributed by atoms with Gasteiger partial charge in [-0.3, -0.25) is 9.00 Å². The van der Waals surface area contributed by atoms with Crippen LogP contribution in [0.1, 0.15) is 25.3 Å². The Balaban J connectivity index is 1.25. The van der Waals surface area contributed by atoms with Crippen LogP contribution < -0.4 is 5.32 Å². The molecule has 1 unspecified atom stereocenters. The topological polar surface area (TPSA) is 75.4 Å². The van der Waals surface area contributed by atoms with Crippen molar-refractivity contribution in [2.75, 3.05) is 51.6 Å². The van der Waals surface area contributed by atoms with Crippen molar-refractivity contribution >= 4 is 16.7 Å². The summed E-state index contributed by atoms with van der Waals surface area (Å²) in [4.78, 5) is 17.4. The number of carbonyl (C=O) groups is 1. The maximum absolute atomic E-state index is 12.8. The van der Waals surface area contributed by atoms with Crippen LogP contribution in [0.4, 0.5) is 0 Å². The standard InChI is InChI=1S/C26H36N6O2S/c1-2-12-29-16-18-30(19-17-29)13-8-11-27-25(33)22-35(34)21-23-20-28-32(24-9-4-3-5-10-24)26(23)31-14-6-7-15-31/h3-7,9-10,14-15,20H,2,8,11-13,16-19,21-22H2,1H3,(H,27,33). The number of amides is 1. The molecule has 2 aromatic heterocycles. The van der Waals surface area contributed by atoms with E-state index >= 15 is 0 Å². The van der Waals surface area contributed by atoms with Crippen molar-refractivity contribution in [1.29, 1.82) is 0 Å². The van der Waals surface area contributed by atoms with Gasteiger partial charge < -0.3 is 19.7 Å². The highest BCUT2D eigenvalue weighted by molar-refractivity contribution is 7.84. The van der Waals surface area contributed by atoms with Gasteiger partial charge >= 0.3 is 0 Å². The van der Waals surface area contributed by atoms with Crippen molar-refractivity contribution in [3.05, 3.63) is 66.6 Å². The van der Waals surface area contributed by atoms with E-state index in [4.69, 9.17) is 0 Å². The lowest BCUT2D eigenvalue weighted by Crippen LogP contribution is -2.47. The number of para-hydroxylation sites is 1. The van der Waals surface area contributed by atoms with E-state index in [2.05, 4.69) is 27.1 Å². The highest BCUT2D eigenvalue weighted by Gasteiger charge is 2.18. The van der Waals surface area contributed by atoms with E-state index in [1.807, 2.05) is 64.1 Å². The van der Waals surface area contributed by atoms with E-state index in [0.717, 1.165) is 56.2 Å². The lowest BCUT2D eigenvalue weighted by Gasteiger charge is -2.34. The first-order valence-electron chi connectivity index (χ1n) is 12.5. The van der Waals surface area contributed by atoms with Crippen LogP contribution in [0, 0.1) is 0 Å². The van der Waals surface area contributed by atoms with Crippen LogP contribution in [-0.4, -0.2) is 85.8 Å². The zero-order valence-electron chi connectivity index (χ0n) is 20.5. The summed E-state index contributed by atoms with van der Waals surface area (Å²) in [6.07, 6.45) is 7.75. The van der Waals surface area contributed by atoms with E-state index in [-0.39, 0.29) is 17.4 Å². The summed E-state index contributed by atoms with van der Waals surface area (Å²) in [5.41, 5.74) is 1.77. The Morgan fingerprint density at radius 1 is 1.00 bits per heavy atom. The Kier molecular flexibility index (Phi) is 9.28. The lowest BCUT2D eigenvalue weighted by atomic mass is 10.2. The molecule has 1 fully saturated rings. The van der Waals surface area contributed by atoms with Gasteiger partial charge in [-0.05, 0) is 50.2 Å². The highest BCUT2D eigenvalue weighted by atomic mass is 32.2. The number of hydrogen-bond donors (Lipinski definition) is 1. The minimum Gasteiger partial charge on any atom is -0.355 e. The van der Waals surface area contributed by atoms with E-state index < -0.39 is 10.8 Å². The molecule has 0 spiro atoms. The van der Waals surface area contributed by atoms with Gasteiger partial charge in [0.25, 0.3) is 0 Å². The first-order chi connectivity index (χ1) is 17.1. The average molecular weight is 497 g/mol. The molecule has 3 aromatic rings. The van der Waals surface area contributed by atoms with Gasteiger partial charge in [-0.25, -0.2) is 4.68 Å². The van der Waals surface area contributed by atoms with Crippen LogP contribution in [0.5, 0.6) is 0 Å². The van der Waals surface area contributed by atoms with Crippen LogP contribution >= 0.6 is 0 Å². The number of rotatable bonds is 12. The smallest absolute Gasteiger partial charge is 0.232 e. The largest absolute Gasteiger partial charge is 0.355 e. The molecule has 1 aliphatic rings.